The highest BCUT2D eigenvalue weighted by molar-refractivity contribution is 4.83. The summed E-state index contributed by atoms with van der Waals surface area (Å²) in [5, 5.41) is 8.94. The van der Waals surface area contributed by atoms with Crippen molar-refractivity contribution in [3.05, 3.63) is 0 Å². The van der Waals surface area contributed by atoms with E-state index >= 15 is 0 Å². The molecule has 5 fully saturated rings. The summed E-state index contributed by atoms with van der Waals surface area (Å²) in [6.07, 6.45) is 12.7. The van der Waals surface area contributed by atoms with Gasteiger partial charge in [0.2, 0.25) is 0 Å². The van der Waals surface area contributed by atoms with E-state index in [2.05, 4.69) is 0 Å². The third-order valence-electron chi connectivity index (χ3n) is 7.55. The molecule has 2 aliphatic heterocycles. The fourth-order valence-electron chi connectivity index (χ4n) is 5.22. The lowest BCUT2D eigenvalue weighted by molar-refractivity contribution is -0.185. The molecule has 5 rings (SSSR count). The molecular weight excluding hydrogens is 372 g/mol. The predicted molar refractivity (Wildman–Crippen MR) is 108 cm³/mol. The van der Waals surface area contributed by atoms with Gasteiger partial charge in [-0.3, -0.25) is 0 Å². The maximum atomic E-state index is 8.94. The van der Waals surface area contributed by atoms with Gasteiger partial charge in [0.1, 0.15) is 0 Å². The van der Waals surface area contributed by atoms with Crippen LogP contribution >= 0.6 is 0 Å². The molecule has 5 aliphatic rings. The van der Waals surface area contributed by atoms with Gasteiger partial charge in [0.25, 0.3) is 0 Å². The topological polar surface area (TPSA) is 66.4 Å². The summed E-state index contributed by atoms with van der Waals surface area (Å²) < 4.78 is 28.5. The number of hydrogen-bond donors (Lipinski definition) is 1. The van der Waals surface area contributed by atoms with Crippen molar-refractivity contribution in [3.63, 3.8) is 0 Å². The lowest BCUT2D eigenvalue weighted by atomic mass is 9.85. The van der Waals surface area contributed by atoms with Crippen molar-refractivity contribution in [1.29, 1.82) is 0 Å². The molecule has 2 saturated heterocycles. The minimum Gasteiger partial charge on any atom is -0.396 e. The Morgan fingerprint density at radius 1 is 0.621 bits per heavy atom. The van der Waals surface area contributed by atoms with Crippen LogP contribution in [0.15, 0.2) is 0 Å². The van der Waals surface area contributed by atoms with Crippen molar-refractivity contribution in [2.45, 2.75) is 82.2 Å². The quantitative estimate of drug-likeness (QED) is 0.744. The molecule has 1 N–H and O–H groups in total. The minimum absolute atomic E-state index is 0.204. The summed E-state index contributed by atoms with van der Waals surface area (Å²) in [4.78, 5) is 0. The van der Waals surface area contributed by atoms with Crippen molar-refractivity contribution in [2.24, 2.45) is 17.8 Å². The molecule has 0 radical (unpaired) electrons. The van der Waals surface area contributed by atoms with Gasteiger partial charge >= 0.3 is 0 Å². The van der Waals surface area contributed by atoms with Gasteiger partial charge in [-0.1, -0.05) is 6.42 Å². The van der Waals surface area contributed by atoms with E-state index in [1.54, 1.807) is 0 Å². The molecule has 168 valence electrons. The van der Waals surface area contributed by atoms with E-state index in [-0.39, 0.29) is 11.6 Å². The second-order valence-electron chi connectivity index (χ2n) is 9.62. The number of ether oxygens (including phenoxy) is 5. The molecule has 6 heteroatoms. The van der Waals surface area contributed by atoms with Crippen molar-refractivity contribution < 1.29 is 28.8 Å². The summed E-state index contributed by atoms with van der Waals surface area (Å²) in [5.74, 6) is 1.61. The van der Waals surface area contributed by atoms with E-state index in [0.717, 1.165) is 90.0 Å². The molecule has 6 nitrogen and oxygen atoms in total. The fraction of sp³-hybridized carbons (Fsp3) is 1.00. The Hall–Kier alpha value is -0.240. The smallest absolute Gasteiger partial charge is 0.168 e. The molecule has 3 saturated carbocycles. The van der Waals surface area contributed by atoms with Gasteiger partial charge in [0.15, 0.2) is 11.6 Å². The van der Waals surface area contributed by atoms with E-state index in [1.165, 1.54) is 32.1 Å². The molecule has 0 aromatic heterocycles. The number of hydrogen-bond acceptors (Lipinski definition) is 6. The molecule has 0 bridgehead atoms. The normalized spacial score (nSPS) is 31.6. The predicted octanol–water partition coefficient (Wildman–Crippen LogP) is 3.65. The maximum absolute atomic E-state index is 8.94. The SMILES string of the molecule is C1CC(COCC2CCC3(CC2)OCCO3)C1.OCC1CCC2(CC1)OCCO2. The first-order chi connectivity index (χ1) is 14.2. The van der Waals surface area contributed by atoms with Gasteiger partial charge in [-0.05, 0) is 56.3 Å². The summed E-state index contributed by atoms with van der Waals surface area (Å²) in [6, 6.07) is 0. The highest BCUT2D eigenvalue weighted by atomic mass is 16.7. The Morgan fingerprint density at radius 3 is 1.41 bits per heavy atom. The van der Waals surface area contributed by atoms with E-state index in [0.29, 0.717) is 12.5 Å². The van der Waals surface area contributed by atoms with Crippen LogP contribution in [0.4, 0.5) is 0 Å². The average Bonchev–Trinajstić information content (AvgIpc) is 3.37. The molecule has 2 heterocycles. The van der Waals surface area contributed by atoms with Crippen molar-refractivity contribution >= 4 is 0 Å². The Labute approximate surface area is 175 Å². The van der Waals surface area contributed by atoms with Crippen LogP contribution in [0.5, 0.6) is 0 Å². The Kier molecular flexibility index (Phi) is 7.87. The van der Waals surface area contributed by atoms with Crippen LogP contribution in [0.25, 0.3) is 0 Å². The largest absolute Gasteiger partial charge is 0.396 e. The minimum atomic E-state index is -0.258. The van der Waals surface area contributed by atoms with Gasteiger partial charge in [0, 0.05) is 45.5 Å². The van der Waals surface area contributed by atoms with Gasteiger partial charge in [-0.25, -0.2) is 0 Å². The van der Waals surface area contributed by atoms with E-state index in [9.17, 15) is 0 Å². The monoisotopic (exact) mass is 412 g/mol. The first-order valence-electron chi connectivity index (χ1n) is 12.0. The van der Waals surface area contributed by atoms with Crippen LogP contribution in [0.1, 0.15) is 70.6 Å². The molecule has 29 heavy (non-hydrogen) atoms. The van der Waals surface area contributed by atoms with Crippen LogP contribution < -0.4 is 0 Å². The van der Waals surface area contributed by atoms with Crippen molar-refractivity contribution in [3.8, 4) is 0 Å². The average molecular weight is 413 g/mol. The van der Waals surface area contributed by atoms with Crippen LogP contribution in [-0.4, -0.2) is 62.9 Å². The van der Waals surface area contributed by atoms with Crippen molar-refractivity contribution in [2.75, 3.05) is 46.2 Å². The molecule has 3 aliphatic carbocycles. The lowest BCUT2D eigenvalue weighted by Gasteiger charge is -2.35. The first-order valence-corrected chi connectivity index (χ1v) is 12.0. The fourth-order valence-corrected chi connectivity index (χ4v) is 5.22. The molecular formula is C23H40O6. The molecule has 0 amide bonds. The van der Waals surface area contributed by atoms with E-state index in [4.69, 9.17) is 28.8 Å². The highest BCUT2D eigenvalue weighted by Crippen LogP contribution is 2.39. The zero-order valence-corrected chi connectivity index (χ0v) is 17.9. The van der Waals surface area contributed by atoms with Gasteiger partial charge < -0.3 is 28.8 Å². The second kappa shape index (κ2) is 10.4. The summed E-state index contributed by atoms with van der Waals surface area (Å²) in [6.45, 7) is 5.30. The zero-order valence-electron chi connectivity index (χ0n) is 17.9. The van der Waals surface area contributed by atoms with Crippen molar-refractivity contribution in [1.82, 2.24) is 0 Å². The standard InChI is InChI=1S/C14H24O3.C9H16O3/c1-2-12(3-1)10-15-11-13-4-6-14(7-5-13)16-8-9-17-14;10-7-8-1-3-9(4-2-8)11-5-6-12-9/h12-13H,1-11H2;8,10H,1-7H2. The molecule has 0 unspecified atom stereocenters. The van der Waals surface area contributed by atoms with Gasteiger partial charge in [-0.15, -0.1) is 0 Å². The Morgan fingerprint density at radius 2 is 1.03 bits per heavy atom. The third-order valence-corrected chi connectivity index (χ3v) is 7.55. The van der Waals surface area contributed by atoms with Crippen LogP contribution in [-0.2, 0) is 23.7 Å². The summed E-state index contributed by atoms with van der Waals surface area (Å²) in [5.41, 5.74) is 0. The third kappa shape index (κ3) is 5.92. The van der Waals surface area contributed by atoms with Gasteiger partial charge in [0.05, 0.1) is 26.4 Å². The highest BCUT2D eigenvalue weighted by Gasteiger charge is 2.41. The van der Waals surface area contributed by atoms with Gasteiger partial charge in [-0.2, -0.15) is 0 Å². The first kappa shape index (κ1) is 22.0. The number of aliphatic hydroxyl groups excluding tert-OH is 1. The zero-order chi connectivity index (χ0) is 20.0. The maximum Gasteiger partial charge on any atom is 0.168 e. The van der Waals surface area contributed by atoms with Crippen LogP contribution in [0.3, 0.4) is 0 Å². The second-order valence-corrected chi connectivity index (χ2v) is 9.62. The summed E-state index contributed by atoms with van der Waals surface area (Å²) >= 11 is 0. The molecule has 2 spiro atoms. The van der Waals surface area contributed by atoms with Crippen LogP contribution in [0, 0.1) is 17.8 Å². The Bertz CT molecular complexity index is 462. The van der Waals surface area contributed by atoms with Crippen LogP contribution in [0.2, 0.25) is 0 Å². The molecule has 0 atom stereocenters. The van der Waals surface area contributed by atoms with E-state index < -0.39 is 0 Å². The summed E-state index contributed by atoms with van der Waals surface area (Å²) in [7, 11) is 0. The lowest BCUT2D eigenvalue weighted by Crippen LogP contribution is -2.36. The molecule has 0 aromatic rings. The number of rotatable bonds is 5. The number of aliphatic hydroxyl groups is 1. The Balaban J connectivity index is 0.000000150. The van der Waals surface area contributed by atoms with E-state index in [1.807, 2.05) is 0 Å². The molecule has 0 aromatic carbocycles.